The average Bonchev–Trinajstić information content (AvgIpc) is 2.37. The third-order valence-corrected chi connectivity index (χ3v) is 2.92. The van der Waals surface area contributed by atoms with Crippen LogP contribution >= 0.6 is 0 Å². The number of hydrogen-bond donors (Lipinski definition) is 2. The summed E-state index contributed by atoms with van der Waals surface area (Å²) in [5.74, 6) is 1.49. The highest BCUT2D eigenvalue weighted by atomic mass is 16.5. The number of morpholine rings is 1. The fraction of sp³-hybridized carbons (Fsp3) is 0.667. The molecule has 0 aliphatic carbocycles. The van der Waals surface area contributed by atoms with E-state index in [0.717, 1.165) is 18.1 Å². The molecule has 1 fully saturated rings. The summed E-state index contributed by atoms with van der Waals surface area (Å²) in [6.07, 6.45) is -0.0636. The number of rotatable bonds is 3. The van der Waals surface area contributed by atoms with E-state index in [9.17, 15) is 5.11 Å². The van der Waals surface area contributed by atoms with Gasteiger partial charge in [0.05, 0.1) is 18.8 Å². The van der Waals surface area contributed by atoms with Gasteiger partial charge in [-0.05, 0) is 13.8 Å². The van der Waals surface area contributed by atoms with Crippen molar-refractivity contribution >= 4 is 11.8 Å². The fourth-order valence-electron chi connectivity index (χ4n) is 2.16. The van der Waals surface area contributed by atoms with Crippen LogP contribution in [0.25, 0.3) is 0 Å². The molecule has 18 heavy (non-hydrogen) atoms. The van der Waals surface area contributed by atoms with Gasteiger partial charge in [-0.25, -0.2) is 4.98 Å². The molecule has 1 aliphatic heterocycles. The summed E-state index contributed by atoms with van der Waals surface area (Å²) < 4.78 is 5.62. The van der Waals surface area contributed by atoms with Crippen LogP contribution < -0.4 is 10.2 Å². The predicted octanol–water partition coefficient (Wildman–Crippen LogP) is 0.413. The van der Waals surface area contributed by atoms with Crippen molar-refractivity contribution in [3.8, 4) is 0 Å². The number of anilines is 2. The summed E-state index contributed by atoms with van der Waals surface area (Å²) in [4.78, 5) is 10.9. The Balaban J connectivity index is 2.21. The monoisotopic (exact) mass is 252 g/mol. The molecule has 0 spiro atoms. The van der Waals surface area contributed by atoms with Gasteiger partial charge in [0, 0.05) is 31.9 Å². The second-order valence-electron chi connectivity index (χ2n) is 4.60. The van der Waals surface area contributed by atoms with Gasteiger partial charge < -0.3 is 20.1 Å². The van der Waals surface area contributed by atoms with Crippen LogP contribution in [0, 0.1) is 6.92 Å². The standard InChI is InChI=1S/C12H20N4O2/c1-8-4-11(15-12(13-3)14-8)16-5-9(2)18-10(6-16)7-17/h4,9-10,17H,5-7H2,1-3H3,(H,13,14,15). The number of aliphatic hydroxyl groups excluding tert-OH is 1. The molecule has 1 aliphatic rings. The Hall–Kier alpha value is -1.40. The number of aliphatic hydroxyl groups is 1. The number of hydrogen-bond acceptors (Lipinski definition) is 6. The van der Waals surface area contributed by atoms with Crippen LogP contribution in [-0.2, 0) is 4.74 Å². The Labute approximate surface area is 107 Å². The van der Waals surface area contributed by atoms with Crippen LogP contribution in [0.1, 0.15) is 12.6 Å². The second-order valence-corrected chi connectivity index (χ2v) is 4.60. The molecule has 1 aromatic rings. The zero-order valence-corrected chi connectivity index (χ0v) is 11.1. The van der Waals surface area contributed by atoms with Gasteiger partial charge in [0.1, 0.15) is 5.82 Å². The number of aryl methyl sites for hydroxylation is 1. The normalized spacial score (nSPS) is 24.1. The second kappa shape index (κ2) is 5.49. The minimum atomic E-state index is -0.151. The van der Waals surface area contributed by atoms with Crippen LogP contribution in [0.3, 0.4) is 0 Å². The summed E-state index contributed by atoms with van der Waals surface area (Å²) >= 11 is 0. The van der Waals surface area contributed by atoms with Crippen molar-refractivity contribution in [1.29, 1.82) is 0 Å². The van der Waals surface area contributed by atoms with E-state index in [-0.39, 0.29) is 18.8 Å². The third-order valence-electron chi connectivity index (χ3n) is 2.92. The number of nitrogens with one attached hydrogen (secondary N) is 1. The van der Waals surface area contributed by atoms with Gasteiger partial charge in [-0.3, -0.25) is 0 Å². The number of ether oxygens (including phenoxy) is 1. The first kappa shape index (κ1) is 13.0. The Bertz CT molecular complexity index is 413. The highest BCUT2D eigenvalue weighted by Gasteiger charge is 2.25. The van der Waals surface area contributed by atoms with Gasteiger partial charge in [-0.2, -0.15) is 4.98 Å². The first-order chi connectivity index (χ1) is 8.62. The molecule has 6 heteroatoms. The Kier molecular flexibility index (Phi) is 3.98. The molecule has 2 N–H and O–H groups in total. The fourth-order valence-corrected chi connectivity index (χ4v) is 2.16. The zero-order valence-electron chi connectivity index (χ0n) is 11.1. The first-order valence-corrected chi connectivity index (χ1v) is 6.17. The van der Waals surface area contributed by atoms with Gasteiger partial charge >= 0.3 is 0 Å². The van der Waals surface area contributed by atoms with E-state index in [4.69, 9.17) is 4.74 Å². The van der Waals surface area contributed by atoms with Crippen molar-refractivity contribution in [2.45, 2.75) is 26.1 Å². The summed E-state index contributed by atoms with van der Waals surface area (Å²) in [6, 6.07) is 1.95. The van der Waals surface area contributed by atoms with Crippen molar-refractivity contribution in [2.75, 3.05) is 37.0 Å². The van der Waals surface area contributed by atoms with Gasteiger partial charge in [0.2, 0.25) is 5.95 Å². The van der Waals surface area contributed by atoms with Gasteiger partial charge in [-0.15, -0.1) is 0 Å². The minimum Gasteiger partial charge on any atom is -0.394 e. The zero-order chi connectivity index (χ0) is 13.1. The van der Waals surface area contributed by atoms with Crippen LogP contribution in [-0.4, -0.2) is 54.0 Å². The molecular weight excluding hydrogens is 232 g/mol. The molecule has 0 saturated carbocycles. The van der Waals surface area contributed by atoms with Crippen molar-refractivity contribution in [3.63, 3.8) is 0 Å². The maximum absolute atomic E-state index is 9.23. The number of nitrogens with zero attached hydrogens (tertiary/aromatic N) is 3. The van der Waals surface area contributed by atoms with Crippen molar-refractivity contribution in [2.24, 2.45) is 0 Å². The predicted molar refractivity (Wildman–Crippen MR) is 69.9 cm³/mol. The van der Waals surface area contributed by atoms with E-state index >= 15 is 0 Å². The van der Waals surface area contributed by atoms with Crippen molar-refractivity contribution < 1.29 is 9.84 Å². The smallest absolute Gasteiger partial charge is 0.224 e. The molecular formula is C12H20N4O2. The highest BCUT2D eigenvalue weighted by molar-refractivity contribution is 5.45. The van der Waals surface area contributed by atoms with Gasteiger partial charge in [0.25, 0.3) is 0 Å². The summed E-state index contributed by atoms with van der Waals surface area (Å²) in [7, 11) is 1.80. The molecule has 100 valence electrons. The summed E-state index contributed by atoms with van der Waals surface area (Å²) in [5.41, 5.74) is 0.920. The van der Waals surface area contributed by atoms with Crippen LogP contribution in [0.2, 0.25) is 0 Å². The molecule has 1 aromatic heterocycles. The Morgan fingerprint density at radius 2 is 2.28 bits per heavy atom. The first-order valence-electron chi connectivity index (χ1n) is 6.17. The van der Waals surface area contributed by atoms with E-state index in [0.29, 0.717) is 12.5 Å². The molecule has 6 nitrogen and oxygen atoms in total. The van der Waals surface area contributed by atoms with Crippen molar-refractivity contribution in [3.05, 3.63) is 11.8 Å². The quantitative estimate of drug-likeness (QED) is 0.812. The molecule has 2 heterocycles. The van der Waals surface area contributed by atoms with E-state index in [1.807, 2.05) is 19.9 Å². The lowest BCUT2D eigenvalue weighted by Crippen LogP contribution is -2.48. The molecule has 0 aromatic carbocycles. The Morgan fingerprint density at radius 3 is 2.94 bits per heavy atom. The molecule has 2 rings (SSSR count). The topological polar surface area (TPSA) is 70.5 Å². The Morgan fingerprint density at radius 1 is 1.50 bits per heavy atom. The lowest BCUT2D eigenvalue weighted by Gasteiger charge is -2.36. The molecule has 0 radical (unpaired) electrons. The number of aromatic nitrogens is 2. The largest absolute Gasteiger partial charge is 0.394 e. The summed E-state index contributed by atoms with van der Waals surface area (Å²) in [6.45, 7) is 5.40. The third kappa shape index (κ3) is 2.88. The molecule has 2 unspecified atom stereocenters. The average molecular weight is 252 g/mol. The van der Waals surface area contributed by atoms with Gasteiger partial charge in [0.15, 0.2) is 0 Å². The van der Waals surface area contributed by atoms with Gasteiger partial charge in [-0.1, -0.05) is 0 Å². The maximum Gasteiger partial charge on any atom is 0.224 e. The maximum atomic E-state index is 9.23. The van der Waals surface area contributed by atoms with Crippen LogP contribution in [0.4, 0.5) is 11.8 Å². The van der Waals surface area contributed by atoms with E-state index in [1.165, 1.54) is 0 Å². The van der Waals surface area contributed by atoms with E-state index < -0.39 is 0 Å². The minimum absolute atomic E-state index is 0.0315. The molecule has 2 atom stereocenters. The highest BCUT2D eigenvalue weighted by Crippen LogP contribution is 2.20. The SMILES string of the molecule is CNc1nc(C)cc(N2CC(C)OC(CO)C2)n1. The van der Waals surface area contributed by atoms with E-state index in [2.05, 4.69) is 20.2 Å². The molecule has 0 bridgehead atoms. The van der Waals surface area contributed by atoms with Crippen molar-refractivity contribution in [1.82, 2.24) is 9.97 Å². The van der Waals surface area contributed by atoms with E-state index in [1.54, 1.807) is 7.05 Å². The molecule has 1 saturated heterocycles. The van der Waals surface area contributed by atoms with Crippen LogP contribution in [0.5, 0.6) is 0 Å². The lowest BCUT2D eigenvalue weighted by atomic mass is 10.2. The summed E-state index contributed by atoms with van der Waals surface area (Å²) in [5, 5.41) is 12.2. The lowest BCUT2D eigenvalue weighted by molar-refractivity contribution is -0.0423. The molecule has 0 amide bonds. The van der Waals surface area contributed by atoms with Crippen LogP contribution in [0.15, 0.2) is 6.07 Å².